The van der Waals surface area contributed by atoms with Gasteiger partial charge in [-0.15, -0.1) is 0 Å². The number of hydrogen-bond acceptors (Lipinski definition) is 4. The van der Waals surface area contributed by atoms with E-state index in [2.05, 4.69) is 22.5 Å². The van der Waals surface area contributed by atoms with Crippen LogP contribution in [0.2, 0.25) is 0 Å². The average molecular weight is 429 g/mol. The Labute approximate surface area is 181 Å². The maximum Gasteiger partial charge on any atom is 0.330 e. The van der Waals surface area contributed by atoms with Crippen molar-refractivity contribution in [2.45, 2.75) is 45.1 Å². The second-order valence-electron chi connectivity index (χ2n) is 8.39. The summed E-state index contributed by atoms with van der Waals surface area (Å²) in [6.07, 6.45) is 5.17. The number of halogens is 1. The number of anilines is 1. The number of nitrogens with one attached hydrogen (secondary N) is 3. The van der Waals surface area contributed by atoms with Gasteiger partial charge in [0.1, 0.15) is 12.4 Å². The summed E-state index contributed by atoms with van der Waals surface area (Å²) in [4.78, 5) is 27.7. The van der Waals surface area contributed by atoms with E-state index in [1.54, 1.807) is 12.1 Å². The summed E-state index contributed by atoms with van der Waals surface area (Å²) in [6, 6.07) is 8.57. The Morgan fingerprint density at radius 2 is 2.06 bits per heavy atom. The van der Waals surface area contributed by atoms with Crippen LogP contribution in [0, 0.1) is 11.7 Å². The second kappa shape index (κ2) is 9.51. The quantitative estimate of drug-likeness (QED) is 0.377. The summed E-state index contributed by atoms with van der Waals surface area (Å²) in [5.41, 5.74) is 2.05. The number of imide groups is 1. The zero-order chi connectivity index (χ0) is 21.8. The molecule has 1 saturated heterocycles. The Morgan fingerprint density at radius 3 is 2.81 bits per heavy atom. The van der Waals surface area contributed by atoms with Crippen LogP contribution in [0.5, 0.6) is 5.75 Å². The number of aromatic nitrogens is 1. The van der Waals surface area contributed by atoms with E-state index in [0.29, 0.717) is 24.1 Å². The molecular formula is C23H29FN4O3. The van der Waals surface area contributed by atoms with E-state index >= 15 is 0 Å². The zero-order valence-electron chi connectivity index (χ0n) is 17.7. The lowest BCUT2D eigenvalue weighted by atomic mass is 10.1. The molecule has 3 amide bonds. The molecule has 1 saturated carbocycles. The number of nitrogens with zero attached hydrogens (tertiary/aromatic N) is 1. The van der Waals surface area contributed by atoms with Crippen LogP contribution in [0.3, 0.4) is 0 Å². The van der Waals surface area contributed by atoms with Crippen molar-refractivity contribution in [2.75, 3.05) is 24.6 Å². The van der Waals surface area contributed by atoms with Gasteiger partial charge in [-0.2, -0.15) is 0 Å². The van der Waals surface area contributed by atoms with Gasteiger partial charge in [-0.1, -0.05) is 6.07 Å². The topological polar surface area (TPSA) is 86.5 Å². The van der Waals surface area contributed by atoms with Gasteiger partial charge in [0.05, 0.1) is 6.61 Å². The lowest BCUT2D eigenvalue weighted by Crippen LogP contribution is -2.28. The monoisotopic (exact) mass is 428 g/mol. The molecule has 1 aliphatic heterocycles. The van der Waals surface area contributed by atoms with Gasteiger partial charge in [-0.05, 0) is 81.3 Å². The highest BCUT2D eigenvalue weighted by Gasteiger charge is 2.28. The molecule has 1 aliphatic carbocycles. The molecule has 0 spiro atoms. The van der Waals surface area contributed by atoms with E-state index in [9.17, 15) is 14.0 Å². The van der Waals surface area contributed by atoms with Crippen molar-refractivity contribution < 1.29 is 18.7 Å². The predicted octanol–water partition coefficient (Wildman–Crippen LogP) is 3.67. The van der Waals surface area contributed by atoms with E-state index in [4.69, 9.17) is 4.74 Å². The highest BCUT2D eigenvalue weighted by Crippen LogP contribution is 2.31. The number of ether oxygens (including phenoxy) is 1. The number of hydrogen-bond donors (Lipinski definition) is 3. The molecule has 0 radical (unpaired) electrons. The fourth-order valence-electron chi connectivity index (χ4n) is 3.64. The minimum Gasteiger partial charge on any atom is -0.490 e. The molecule has 0 unspecified atom stereocenters. The van der Waals surface area contributed by atoms with Crippen LogP contribution in [-0.2, 0) is 11.2 Å². The number of H-pyrrole nitrogens is 1. The first-order chi connectivity index (χ1) is 15.0. The molecule has 166 valence electrons. The largest absolute Gasteiger partial charge is 0.490 e. The Bertz CT molecular complexity index is 941. The molecule has 1 aromatic heterocycles. The Kier molecular flexibility index (Phi) is 6.56. The summed E-state index contributed by atoms with van der Waals surface area (Å²) in [7, 11) is 0. The van der Waals surface area contributed by atoms with Crippen molar-refractivity contribution in [3.05, 3.63) is 47.4 Å². The Hall–Kier alpha value is -2.87. The molecule has 1 atom stereocenters. The SMILES string of the molecule is C[C@@H](NCCCCc1ccc(N2CC(=O)NC2=O)[nH]1)c1ccc(F)c(OCC2CC2)c1. The maximum absolute atomic E-state index is 14.0. The molecule has 2 aromatic rings. The van der Waals surface area contributed by atoms with Crippen LogP contribution in [0.4, 0.5) is 15.0 Å². The lowest BCUT2D eigenvalue weighted by Gasteiger charge is -2.16. The fourth-order valence-corrected chi connectivity index (χ4v) is 3.64. The van der Waals surface area contributed by atoms with Gasteiger partial charge in [-0.25, -0.2) is 9.18 Å². The number of rotatable bonds is 11. The number of aryl methyl sites for hydroxylation is 1. The van der Waals surface area contributed by atoms with Gasteiger partial charge < -0.3 is 15.0 Å². The molecule has 0 bridgehead atoms. The van der Waals surface area contributed by atoms with Gasteiger partial charge in [0.2, 0.25) is 5.91 Å². The molecule has 8 heteroatoms. The van der Waals surface area contributed by atoms with Gasteiger partial charge in [0.15, 0.2) is 11.6 Å². The number of urea groups is 1. The van der Waals surface area contributed by atoms with Crippen molar-refractivity contribution in [2.24, 2.45) is 5.92 Å². The van der Waals surface area contributed by atoms with Crippen molar-refractivity contribution in [3.63, 3.8) is 0 Å². The van der Waals surface area contributed by atoms with Crippen molar-refractivity contribution in [3.8, 4) is 5.75 Å². The molecule has 31 heavy (non-hydrogen) atoms. The number of amides is 3. The van der Waals surface area contributed by atoms with Crippen molar-refractivity contribution in [1.82, 2.24) is 15.6 Å². The summed E-state index contributed by atoms with van der Waals surface area (Å²) in [5.74, 6) is 0.973. The van der Waals surface area contributed by atoms with E-state index in [0.717, 1.165) is 37.1 Å². The van der Waals surface area contributed by atoms with Gasteiger partial charge in [-0.3, -0.25) is 15.0 Å². The van der Waals surface area contributed by atoms with Crippen molar-refractivity contribution >= 4 is 17.8 Å². The number of aromatic amines is 1. The van der Waals surface area contributed by atoms with Crippen LogP contribution in [-0.4, -0.2) is 36.6 Å². The molecule has 3 N–H and O–H groups in total. The third-order valence-corrected chi connectivity index (χ3v) is 5.77. The minimum absolute atomic E-state index is 0.0529. The van der Waals surface area contributed by atoms with Gasteiger partial charge >= 0.3 is 6.03 Å². The van der Waals surface area contributed by atoms with E-state index in [-0.39, 0.29) is 24.3 Å². The van der Waals surface area contributed by atoms with E-state index in [1.807, 2.05) is 12.1 Å². The molecule has 2 aliphatic rings. The smallest absolute Gasteiger partial charge is 0.330 e. The minimum atomic E-state index is -0.390. The maximum atomic E-state index is 14.0. The second-order valence-corrected chi connectivity index (χ2v) is 8.39. The van der Waals surface area contributed by atoms with Crippen LogP contribution in [0.1, 0.15) is 49.9 Å². The first-order valence-electron chi connectivity index (χ1n) is 10.9. The average Bonchev–Trinajstić information content (AvgIpc) is 3.36. The van der Waals surface area contributed by atoms with Crippen LogP contribution < -0.4 is 20.3 Å². The molecular weight excluding hydrogens is 399 g/mol. The van der Waals surface area contributed by atoms with Gasteiger partial charge in [0, 0.05) is 11.7 Å². The third kappa shape index (κ3) is 5.64. The first-order valence-corrected chi connectivity index (χ1v) is 10.9. The van der Waals surface area contributed by atoms with Crippen molar-refractivity contribution in [1.29, 1.82) is 0 Å². The molecule has 2 heterocycles. The normalized spacial score (nSPS) is 17.2. The van der Waals surface area contributed by atoms with Gasteiger partial charge in [0.25, 0.3) is 0 Å². The molecule has 7 nitrogen and oxygen atoms in total. The van der Waals surface area contributed by atoms with E-state index in [1.165, 1.54) is 23.8 Å². The summed E-state index contributed by atoms with van der Waals surface area (Å²) in [6.45, 7) is 3.56. The fraction of sp³-hybridized carbons (Fsp3) is 0.478. The Balaban J connectivity index is 1.18. The summed E-state index contributed by atoms with van der Waals surface area (Å²) >= 11 is 0. The zero-order valence-corrected chi connectivity index (χ0v) is 17.7. The lowest BCUT2D eigenvalue weighted by molar-refractivity contribution is -0.117. The predicted molar refractivity (Wildman–Crippen MR) is 116 cm³/mol. The number of carbonyl (C=O) groups excluding carboxylic acids is 2. The number of unbranched alkanes of at least 4 members (excludes halogenated alkanes) is 1. The third-order valence-electron chi connectivity index (χ3n) is 5.77. The number of carbonyl (C=O) groups is 2. The standard InChI is InChI=1S/C23H29FN4O3/c1-15(17-7-9-19(24)20(12-17)31-14-16-5-6-16)25-11-3-2-4-18-8-10-21(26-18)28-13-22(29)27-23(28)30/h7-10,12,15-16,25-26H,2-6,11,13-14H2,1H3,(H,27,29,30)/t15-/m1/s1. The van der Waals surface area contributed by atoms with Crippen LogP contribution in [0.25, 0.3) is 0 Å². The van der Waals surface area contributed by atoms with Crippen LogP contribution >= 0.6 is 0 Å². The summed E-state index contributed by atoms with van der Waals surface area (Å²) < 4.78 is 19.6. The van der Waals surface area contributed by atoms with E-state index < -0.39 is 6.03 Å². The molecule has 1 aromatic carbocycles. The first kappa shape index (κ1) is 21.4. The number of benzene rings is 1. The highest BCUT2D eigenvalue weighted by atomic mass is 19.1. The summed E-state index contributed by atoms with van der Waals surface area (Å²) in [5, 5.41) is 5.75. The molecule has 2 fully saturated rings. The van der Waals surface area contributed by atoms with Crippen LogP contribution in [0.15, 0.2) is 30.3 Å². The molecule has 4 rings (SSSR count). The highest BCUT2D eigenvalue weighted by molar-refractivity contribution is 6.11. The Morgan fingerprint density at radius 1 is 1.23 bits per heavy atom.